The van der Waals surface area contributed by atoms with Crippen LogP contribution in [0, 0.1) is 0 Å². The van der Waals surface area contributed by atoms with Gasteiger partial charge in [-0.3, -0.25) is 4.79 Å². The molecule has 1 aliphatic heterocycles. The monoisotopic (exact) mass is 409 g/mol. The van der Waals surface area contributed by atoms with Gasteiger partial charge in [-0.05, 0) is 53.9 Å². The summed E-state index contributed by atoms with van der Waals surface area (Å²) in [4.78, 5) is 12.6. The first-order valence-electron chi connectivity index (χ1n) is 9.65. The molecule has 1 fully saturated rings. The summed E-state index contributed by atoms with van der Waals surface area (Å²) in [6, 6.07) is 20.3. The number of nitrogens with one attached hydrogen (secondary N) is 2. The molecule has 3 aromatic carbocycles. The molecule has 0 aromatic heterocycles. The molecule has 3 aromatic rings. The molecule has 2 N–H and O–H groups in total. The fourth-order valence-corrected chi connectivity index (χ4v) is 5.06. The van der Waals surface area contributed by atoms with Gasteiger partial charge in [-0.25, -0.2) is 8.42 Å². The number of amides is 1. The predicted octanol–water partition coefficient (Wildman–Crippen LogP) is 3.67. The third-order valence-corrected chi connectivity index (χ3v) is 6.92. The number of carbonyl (C=O) groups excluding carboxylic acids is 1. The molecule has 1 amide bonds. The zero-order valence-electron chi connectivity index (χ0n) is 16.0. The van der Waals surface area contributed by atoms with E-state index in [0.29, 0.717) is 18.8 Å². The summed E-state index contributed by atoms with van der Waals surface area (Å²) in [6.07, 6.45) is 1.79. The Morgan fingerprint density at radius 2 is 1.62 bits per heavy atom. The average molecular weight is 410 g/mol. The molecule has 6 nitrogen and oxygen atoms in total. The highest BCUT2D eigenvalue weighted by Crippen LogP contribution is 2.23. The van der Waals surface area contributed by atoms with Gasteiger partial charge in [-0.2, -0.15) is 4.31 Å². The maximum atomic E-state index is 12.7. The minimum atomic E-state index is -3.48. The average Bonchev–Trinajstić information content (AvgIpc) is 3.28. The molecule has 0 saturated carbocycles. The van der Waals surface area contributed by atoms with Gasteiger partial charge in [0.05, 0.1) is 11.4 Å². The lowest BCUT2D eigenvalue weighted by molar-refractivity contribution is -0.114. The van der Waals surface area contributed by atoms with Crippen LogP contribution in [0.3, 0.4) is 0 Å². The highest BCUT2D eigenvalue weighted by Gasteiger charge is 2.27. The number of hydrogen-bond acceptors (Lipinski definition) is 4. The SMILES string of the molecule is O=C(CNc1cccc(S(=O)(=O)N2CCCC2)c1)Nc1ccc2ccccc2c1. The Morgan fingerprint density at radius 1 is 0.862 bits per heavy atom. The summed E-state index contributed by atoms with van der Waals surface area (Å²) < 4.78 is 26.9. The Bertz CT molecular complexity index is 1140. The van der Waals surface area contributed by atoms with E-state index in [2.05, 4.69) is 10.6 Å². The van der Waals surface area contributed by atoms with Crippen molar-refractivity contribution in [1.29, 1.82) is 0 Å². The third-order valence-electron chi connectivity index (χ3n) is 5.02. The van der Waals surface area contributed by atoms with Crippen LogP contribution in [-0.2, 0) is 14.8 Å². The molecule has 150 valence electrons. The fraction of sp³-hybridized carbons (Fsp3) is 0.227. The Morgan fingerprint density at radius 3 is 2.41 bits per heavy atom. The van der Waals surface area contributed by atoms with Crippen molar-refractivity contribution in [1.82, 2.24) is 4.31 Å². The van der Waals surface area contributed by atoms with Gasteiger partial charge in [-0.1, -0.05) is 36.4 Å². The van der Waals surface area contributed by atoms with E-state index >= 15 is 0 Å². The van der Waals surface area contributed by atoms with Gasteiger partial charge in [0.2, 0.25) is 15.9 Å². The van der Waals surface area contributed by atoms with Crippen LogP contribution in [0.1, 0.15) is 12.8 Å². The zero-order chi connectivity index (χ0) is 20.3. The molecular formula is C22H23N3O3S. The number of nitrogens with zero attached hydrogens (tertiary/aromatic N) is 1. The highest BCUT2D eigenvalue weighted by atomic mass is 32.2. The molecule has 4 rings (SSSR count). The van der Waals surface area contributed by atoms with E-state index in [1.807, 2.05) is 42.5 Å². The van der Waals surface area contributed by atoms with Crippen molar-refractivity contribution < 1.29 is 13.2 Å². The lowest BCUT2D eigenvalue weighted by atomic mass is 10.1. The lowest BCUT2D eigenvalue weighted by Gasteiger charge is -2.16. The van der Waals surface area contributed by atoms with Crippen LogP contribution in [0.4, 0.5) is 11.4 Å². The molecule has 0 aliphatic carbocycles. The predicted molar refractivity (Wildman–Crippen MR) is 116 cm³/mol. The Hall–Kier alpha value is -2.90. The number of benzene rings is 3. The molecule has 0 bridgehead atoms. The fourth-order valence-electron chi connectivity index (χ4n) is 3.50. The van der Waals surface area contributed by atoms with Crippen molar-refractivity contribution >= 4 is 38.1 Å². The maximum absolute atomic E-state index is 12.7. The molecule has 0 unspecified atom stereocenters. The van der Waals surface area contributed by atoms with Crippen LogP contribution >= 0.6 is 0 Å². The first-order valence-corrected chi connectivity index (χ1v) is 11.1. The molecule has 29 heavy (non-hydrogen) atoms. The Kier molecular flexibility index (Phi) is 5.51. The number of hydrogen-bond donors (Lipinski definition) is 2. The molecule has 1 aliphatic rings. The van der Waals surface area contributed by atoms with E-state index in [0.717, 1.165) is 29.3 Å². The number of anilines is 2. The number of rotatable bonds is 6. The molecule has 0 spiro atoms. The van der Waals surface area contributed by atoms with Crippen molar-refractivity contribution in [3.8, 4) is 0 Å². The normalized spacial score (nSPS) is 14.8. The van der Waals surface area contributed by atoms with Gasteiger partial charge in [0.15, 0.2) is 0 Å². The first-order chi connectivity index (χ1) is 14.0. The first kappa shape index (κ1) is 19.4. The van der Waals surface area contributed by atoms with Crippen LogP contribution in [-0.4, -0.2) is 38.3 Å². The van der Waals surface area contributed by atoms with Gasteiger partial charge >= 0.3 is 0 Å². The largest absolute Gasteiger partial charge is 0.376 e. The summed E-state index contributed by atoms with van der Waals surface area (Å²) in [5.74, 6) is -0.201. The number of carbonyl (C=O) groups is 1. The molecule has 0 radical (unpaired) electrons. The van der Waals surface area contributed by atoms with E-state index in [1.165, 1.54) is 4.31 Å². The van der Waals surface area contributed by atoms with Gasteiger partial charge in [0, 0.05) is 24.5 Å². The second-order valence-corrected chi connectivity index (χ2v) is 9.04. The van der Waals surface area contributed by atoms with Crippen molar-refractivity contribution in [3.63, 3.8) is 0 Å². The van der Waals surface area contributed by atoms with Crippen LogP contribution in [0.25, 0.3) is 10.8 Å². The van der Waals surface area contributed by atoms with E-state index in [-0.39, 0.29) is 17.3 Å². The Labute approximate surface area is 170 Å². The summed E-state index contributed by atoms with van der Waals surface area (Å²) in [5, 5.41) is 8.04. The Balaban J connectivity index is 1.40. The lowest BCUT2D eigenvalue weighted by Crippen LogP contribution is -2.28. The van der Waals surface area contributed by atoms with Gasteiger partial charge in [0.1, 0.15) is 0 Å². The van der Waals surface area contributed by atoms with Crippen LogP contribution < -0.4 is 10.6 Å². The smallest absolute Gasteiger partial charge is 0.243 e. The highest BCUT2D eigenvalue weighted by molar-refractivity contribution is 7.89. The van der Waals surface area contributed by atoms with Crippen molar-refractivity contribution in [3.05, 3.63) is 66.7 Å². The second-order valence-electron chi connectivity index (χ2n) is 7.10. The van der Waals surface area contributed by atoms with Gasteiger partial charge < -0.3 is 10.6 Å². The third kappa shape index (κ3) is 4.41. The van der Waals surface area contributed by atoms with Gasteiger partial charge in [-0.15, -0.1) is 0 Å². The van der Waals surface area contributed by atoms with E-state index in [1.54, 1.807) is 24.3 Å². The summed E-state index contributed by atoms with van der Waals surface area (Å²) in [7, 11) is -3.48. The molecule has 7 heteroatoms. The minimum Gasteiger partial charge on any atom is -0.376 e. The quantitative estimate of drug-likeness (QED) is 0.651. The van der Waals surface area contributed by atoms with Crippen molar-refractivity contribution in [2.45, 2.75) is 17.7 Å². The van der Waals surface area contributed by atoms with Crippen molar-refractivity contribution in [2.75, 3.05) is 30.3 Å². The molecular weight excluding hydrogens is 386 g/mol. The van der Waals surface area contributed by atoms with E-state index < -0.39 is 10.0 Å². The van der Waals surface area contributed by atoms with Crippen LogP contribution in [0.5, 0.6) is 0 Å². The minimum absolute atomic E-state index is 0.0417. The van der Waals surface area contributed by atoms with E-state index in [4.69, 9.17) is 0 Å². The summed E-state index contributed by atoms with van der Waals surface area (Å²) >= 11 is 0. The maximum Gasteiger partial charge on any atom is 0.243 e. The molecule has 1 saturated heterocycles. The molecule has 0 atom stereocenters. The van der Waals surface area contributed by atoms with E-state index in [9.17, 15) is 13.2 Å². The van der Waals surface area contributed by atoms with Crippen LogP contribution in [0.15, 0.2) is 71.6 Å². The summed E-state index contributed by atoms with van der Waals surface area (Å²) in [6.45, 7) is 1.17. The zero-order valence-corrected chi connectivity index (χ0v) is 16.8. The van der Waals surface area contributed by atoms with Crippen LogP contribution in [0.2, 0.25) is 0 Å². The number of fused-ring (bicyclic) bond motifs is 1. The van der Waals surface area contributed by atoms with Gasteiger partial charge in [0.25, 0.3) is 0 Å². The molecule has 1 heterocycles. The summed E-state index contributed by atoms with van der Waals surface area (Å²) in [5.41, 5.74) is 1.32. The topological polar surface area (TPSA) is 78.5 Å². The van der Waals surface area contributed by atoms with Crippen molar-refractivity contribution in [2.24, 2.45) is 0 Å². The second kappa shape index (κ2) is 8.23. The standard InChI is InChI=1S/C22H23N3O3S/c26-22(24-20-11-10-17-6-1-2-7-18(17)14-20)16-23-19-8-5-9-21(15-19)29(27,28)25-12-3-4-13-25/h1-2,5-11,14-15,23H,3-4,12-13,16H2,(H,24,26). The number of sulfonamides is 1.